The van der Waals surface area contributed by atoms with Gasteiger partial charge in [-0.1, -0.05) is 13.8 Å². The van der Waals surface area contributed by atoms with Crippen molar-refractivity contribution in [1.29, 1.82) is 0 Å². The number of carbonyl (C=O) groups is 2. The molecular weight excluding hydrogens is 270 g/mol. The fraction of sp³-hybridized carbons (Fsp3) is 0.533. The third-order valence-corrected chi connectivity index (χ3v) is 4.21. The Morgan fingerprint density at radius 3 is 2.67 bits per heavy atom. The van der Waals surface area contributed by atoms with Gasteiger partial charge in [-0.25, -0.2) is 9.59 Å². The molecule has 0 atom stereocenters. The summed E-state index contributed by atoms with van der Waals surface area (Å²) in [7, 11) is 0. The molecule has 1 aromatic rings. The van der Waals surface area contributed by atoms with Crippen molar-refractivity contribution in [3.63, 3.8) is 0 Å². The lowest BCUT2D eigenvalue weighted by atomic mass is 9.92. The highest BCUT2D eigenvalue weighted by atomic mass is 16.4. The number of nitrogens with one attached hydrogen (secondary N) is 2. The number of amides is 2. The molecule has 21 heavy (non-hydrogen) atoms. The minimum Gasteiger partial charge on any atom is -0.478 e. The molecule has 6 nitrogen and oxygen atoms in total. The molecule has 0 spiro atoms. The van der Waals surface area contributed by atoms with E-state index in [2.05, 4.69) is 29.5 Å². The Hall–Kier alpha value is -2.11. The molecule has 6 heteroatoms. The molecule has 2 rings (SSSR count). The van der Waals surface area contributed by atoms with Gasteiger partial charge in [0.05, 0.1) is 17.8 Å². The molecule has 0 saturated heterocycles. The molecule has 114 valence electrons. The van der Waals surface area contributed by atoms with E-state index in [-0.39, 0.29) is 23.6 Å². The first kappa shape index (κ1) is 15.3. The molecule has 1 aromatic heterocycles. The van der Waals surface area contributed by atoms with Crippen molar-refractivity contribution in [3.8, 4) is 0 Å². The molecule has 1 heterocycles. The first-order chi connectivity index (χ1) is 9.93. The Morgan fingerprint density at radius 1 is 1.38 bits per heavy atom. The number of rotatable bonds is 6. The quantitative estimate of drug-likeness (QED) is 0.747. The van der Waals surface area contributed by atoms with Crippen molar-refractivity contribution in [3.05, 3.63) is 29.6 Å². The van der Waals surface area contributed by atoms with E-state index in [1.54, 1.807) is 0 Å². The van der Waals surface area contributed by atoms with Crippen LogP contribution in [-0.2, 0) is 6.54 Å². The largest absolute Gasteiger partial charge is 0.478 e. The lowest BCUT2D eigenvalue weighted by Gasteiger charge is -2.20. The summed E-state index contributed by atoms with van der Waals surface area (Å²) >= 11 is 0. The predicted molar refractivity (Wildman–Crippen MR) is 77.9 cm³/mol. The molecule has 0 unspecified atom stereocenters. The number of hydrogen-bond acceptors (Lipinski definition) is 3. The summed E-state index contributed by atoms with van der Waals surface area (Å²) in [5.41, 5.74) is 0.952. The highest BCUT2D eigenvalue weighted by molar-refractivity contribution is 5.87. The van der Waals surface area contributed by atoms with E-state index in [4.69, 9.17) is 5.11 Å². The Labute approximate surface area is 124 Å². The normalized spacial score (nSPS) is 15.6. The van der Waals surface area contributed by atoms with Crippen LogP contribution in [0.2, 0.25) is 0 Å². The van der Waals surface area contributed by atoms with Crippen molar-refractivity contribution in [2.24, 2.45) is 11.3 Å². The lowest BCUT2D eigenvalue weighted by Crippen LogP contribution is -2.39. The Morgan fingerprint density at radius 2 is 2.10 bits per heavy atom. The van der Waals surface area contributed by atoms with Crippen LogP contribution in [0.1, 0.15) is 42.7 Å². The van der Waals surface area contributed by atoms with E-state index in [1.165, 1.54) is 18.3 Å². The Balaban J connectivity index is 1.79. The van der Waals surface area contributed by atoms with E-state index in [0.29, 0.717) is 18.2 Å². The molecule has 2 amide bonds. The van der Waals surface area contributed by atoms with E-state index < -0.39 is 5.97 Å². The second-order valence-electron chi connectivity index (χ2n) is 5.89. The summed E-state index contributed by atoms with van der Waals surface area (Å²) in [4.78, 5) is 26.7. The van der Waals surface area contributed by atoms with Crippen LogP contribution in [0.5, 0.6) is 0 Å². The highest BCUT2D eigenvalue weighted by Crippen LogP contribution is 2.51. The number of urea groups is 1. The van der Waals surface area contributed by atoms with Crippen molar-refractivity contribution in [2.75, 3.05) is 6.54 Å². The SMILES string of the molecule is CC(C)C1(CNC(=O)NCc2cc(C(=O)O)ccn2)CC1. The van der Waals surface area contributed by atoms with E-state index in [0.717, 1.165) is 12.8 Å². The van der Waals surface area contributed by atoms with Crippen LogP contribution in [0, 0.1) is 11.3 Å². The third-order valence-electron chi connectivity index (χ3n) is 4.21. The predicted octanol–water partition coefficient (Wildman–Crippen LogP) is 2.02. The van der Waals surface area contributed by atoms with Crippen LogP contribution in [0.3, 0.4) is 0 Å². The van der Waals surface area contributed by atoms with Gasteiger partial charge < -0.3 is 15.7 Å². The zero-order valence-electron chi connectivity index (χ0n) is 12.3. The summed E-state index contributed by atoms with van der Waals surface area (Å²) in [6.45, 7) is 5.24. The fourth-order valence-corrected chi connectivity index (χ4v) is 2.32. The number of pyridine rings is 1. The van der Waals surface area contributed by atoms with Gasteiger partial charge in [0.1, 0.15) is 0 Å². The summed E-state index contributed by atoms with van der Waals surface area (Å²) in [6, 6.07) is 2.63. The molecule has 0 bridgehead atoms. The van der Waals surface area contributed by atoms with Gasteiger partial charge in [0.25, 0.3) is 0 Å². The summed E-state index contributed by atoms with van der Waals surface area (Å²) in [5, 5.41) is 14.5. The number of carboxylic acids is 1. The topological polar surface area (TPSA) is 91.3 Å². The third kappa shape index (κ3) is 3.93. The molecule has 0 aromatic carbocycles. The smallest absolute Gasteiger partial charge is 0.335 e. The number of carboxylic acid groups (broad SMARTS) is 1. The van der Waals surface area contributed by atoms with Gasteiger partial charge >= 0.3 is 12.0 Å². The lowest BCUT2D eigenvalue weighted by molar-refractivity contribution is 0.0696. The molecule has 0 radical (unpaired) electrons. The standard InChI is InChI=1S/C15H21N3O3/c1-10(2)15(4-5-15)9-18-14(21)17-8-12-7-11(13(19)20)3-6-16-12/h3,6-7,10H,4-5,8-9H2,1-2H3,(H,19,20)(H2,17,18,21). The van der Waals surface area contributed by atoms with Gasteiger partial charge in [-0.3, -0.25) is 4.98 Å². The number of carbonyl (C=O) groups excluding carboxylic acids is 1. The average Bonchev–Trinajstić information content (AvgIpc) is 3.24. The van der Waals surface area contributed by atoms with Gasteiger partial charge in [0, 0.05) is 12.7 Å². The second kappa shape index (κ2) is 6.11. The molecule has 1 fully saturated rings. The average molecular weight is 291 g/mol. The summed E-state index contributed by atoms with van der Waals surface area (Å²) < 4.78 is 0. The fourth-order valence-electron chi connectivity index (χ4n) is 2.32. The van der Waals surface area contributed by atoms with Gasteiger partial charge in [0.15, 0.2) is 0 Å². The number of aromatic nitrogens is 1. The van der Waals surface area contributed by atoms with Gasteiger partial charge in [-0.15, -0.1) is 0 Å². The number of aromatic carboxylic acids is 1. The molecule has 1 aliphatic carbocycles. The van der Waals surface area contributed by atoms with Crippen molar-refractivity contribution in [1.82, 2.24) is 15.6 Å². The van der Waals surface area contributed by atoms with Crippen LogP contribution in [0.25, 0.3) is 0 Å². The summed E-state index contributed by atoms with van der Waals surface area (Å²) in [5.74, 6) is -0.442. The second-order valence-corrected chi connectivity index (χ2v) is 5.89. The van der Waals surface area contributed by atoms with Gasteiger partial charge in [-0.2, -0.15) is 0 Å². The van der Waals surface area contributed by atoms with E-state index in [9.17, 15) is 9.59 Å². The summed E-state index contributed by atoms with van der Waals surface area (Å²) in [6.07, 6.45) is 3.75. The zero-order chi connectivity index (χ0) is 15.5. The first-order valence-corrected chi connectivity index (χ1v) is 7.13. The molecular formula is C15H21N3O3. The zero-order valence-corrected chi connectivity index (χ0v) is 12.3. The van der Waals surface area contributed by atoms with E-state index in [1.807, 2.05) is 0 Å². The van der Waals surface area contributed by atoms with Crippen molar-refractivity contribution >= 4 is 12.0 Å². The van der Waals surface area contributed by atoms with Crippen LogP contribution < -0.4 is 10.6 Å². The van der Waals surface area contributed by atoms with Crippen LogP contribution in [-0.4, -0.2) is 28.6 Å². The number of hydrogen-bond donors (Lipinski definition) is 3. The van der Waals surface area contributed by atoms with Crippen LogP contribution >= 0.6 is 0 Å². The Kier molecular flexibility index (Phi) is 4.45. The molecule has 1 saturated carbocycles. The highest BCUT2D eigenvalue weighted by Gasteiger charge is 2.45. The molecule has 1 aliphatic rings. The molecule has 3 N–H and O–H groups in total. The maximum Gasteiger partial charge on any atom is 0.335 e. The van der Waals surface area contributed by atoms with Crippen molar-refractivity contribution in [2.45, 2.75) is 33.2 Å². The molecule has 0 aliphatic heterocycles. The Bertz CT molecular complexity index is 539. The number of nitrogens with zero attached hydrogens (tertiary/aromatic N) is 1. The van der Waals surface area contributed by atoms with Gasteiger partial charge in [-0.05, 0) is 36.3 Å². The maximum atomic E-state index is 11.8. The van der Waals surface area contributed by atoms with E-state index >= 15 is 0 Å². The minimum atomic E-state index is -1.00. The maximum absolute atomic E-state index is 11.8. The van der Waals surface area contributed by atoms with Gasteiger partial charge in [0.2, 0.25) is 0 Å². The van der Waals surface area contributed by atoms with Crippen LogP contribution in [0.15, 0.2) is 18.3 Å². The minimum absolute atomic E-state index is 0.166. The monoisotopic (exact) mass is 291 g/mol. The van der Waals surface area contributed by atoms with Crippen LogP contribution in [0.4, 0.5) is 4.79 Å². The van der Waals surface area contributed by atoms with Crippen molar-refractivity contribution < 1.29 is 14.7 Å². The first-order valence-electron chi connectivity index (χ1n) is 7.13.